The van der Waals surface area contributed by atoms with E-state index in [4.69, 9.17) is 16.3 Å². The monoisotopic (exact) mass is 521 g/mol. The summed E-state index contributed by atoms with van der Waals surface area (Å²) >= 11 is 0. The van der Waals surface area contributed by atoms with Crippen LogP contribution in [0.1, 0.15) is 28.2 Å². The summed E-state index contributed by atoms with van der Waals surface area (Å²) in [6.07, 6.45) is 2.19. The number of fused-ring (bicyclic) bond motifs is 3. The lowest BCUT2D eigenvalue weighted by molar-refractivity contribution is 0.312. The first-order valence-corrected chi connectivity index (χ1v) is 13.4. The van der Waals surface area contributed by atoms with E-state index in [-0.39, 0.29) is 5.92 Å². The molecular formula is C36H31N3O. The van der Waals surface area contributed by atoms with Crippen molar-refractivity contribution in [2.24, 2.45) is 5.84 Å². The molecule has 0 aromatic heterocycles. The molecule has 0 bridgehead atoms. The van der Waals surface area contributed by atoms with Gasteiger partial charge in [-0.3, -0.25) is 5.84 Å². The Balaban J connectivity index is 1.52. The second-order valence-electron chi connectivity index (χ2n) is 9.88. The zero-order valence-electron chi connectivity index (χ0n) is 22.1. The molecule has 0 aliphatic heterocycles. The largest absolute Gasteiger partial charge is 0.486 e. The minimum atomic E-state index is -0.0399. The lowest BCUT2D eigenvalue weighted by Crippen LogP contribution is -2.20. The molecule has 1 atom stereocenters. The predicted octanol–water partition coefficient (Wildman–Crippen LogP) is 7.79. The quantitative estimate of drug-likeness (QED) is 0.0827. The molecule has 5 N–H and O–H groups in total. The van der Waals surface area contributed by atoms with Crippen LogP contribution in [-0.2, 0) is 6.61 Å². The number of hydrogen-bond acceptors (Lipinski definition) is 4. The van der Waals surface area contributed by atoms with E-state index >= 15 is 0 Å². The third kappa shape index (κ3) is 5.13. The highest BCUT2D eigenvalue weighted by atomic mass is 16.5. The Labute approximate surface area is 234 Å². The van der Waals surface area contributed by atoms with Crippen molar-refractivity contribution >= 4 is 32.9 Å². The minimum Gasteiger partial charge on any atom is -0.486 e. The van der Waals surface area contributed by atoms with Gasteiger partial charge in [0.25, 0.3) is 0 Å². The van der Waals surface area contributed by atoms with Crippen molar-refractivity contribution in [3.8, 4) is 5.75 Å². The third-order valence-electron chi connectivity index (χ3n) is 7.33. The van der Waals surface area contributed by atoms with Gasteiger partial charge in [-0.1, -0.05) is 121 Å². The molecule has 6 aromatic carbocycles. The smallest absolute Gasteiger partial charge is 0.151 e. The maximum Gasteiger partial charge on any atom is 0.151 e. The van der Waals surface area contributed by atoms with E-state index in [1.54, 1.807) is 0 Å². The van der Waals surface area contributed by atoms with E-state index in [0.29, 0.717) is 18.0 Å². The predicted molar refractivity (Wildman–Crippen MR) is 167 cm³/mol. The van der Waals surface area contributed by atoms with Crippen LogP contribution in [0.2, 0.25) is 0 Å². The molecule has 40 heavy (non-hydrogen) atoms. The lowest BCUT2D eigenvalue weighted by atomic mass is 9.87. The molecule has 0 saturated heterocycles. The fourth-order valence-electron chi connectivity index (χ4n) is 5.28. The van der Waals surface area contributed by atoms with E-state index in [9.17, 15) is 0 Å². The van der Waals surface area contributed by atoms with E-state index in [1.165, 1.54) is 5.56 Å². The van der Waals surface area contributed by atoms with Crippen molar-refractivity contribution in [1.29, 1.82) is 0 Å². The van der Waals surface area contributed by atoms with Gasteiger partial charge >= 0.3 is 0 Å². The lowest BCUT2D eigenvalue weighted by Gasteiger charge is -2.19. The topological polar surface area (TPSA) is 73.3 Å². The highest BCUT2D eigenvalue weighted by Gasteiger charge is 2.17. The summed E-state index contributed by atoms with van der Waals surface area (Å²) in [4.78, 5) is 0. The fraction of sp³-hybridized carbons (Fsp3) is 0.0556. The van der Waals surface area contributed by atoms with Gasteiger partial charge in [0.1, 0.15) is 6.61 Å². The molecule has 6 rings (SSSR count). The molecule has 6 aromatic rings. The Bertz CT molecular complexity index is 1780. The second-order valence-corrected chi connectivity index (χ2v) is 9.88. The molecule has 4 heteroatoms. The summed E-state index contributed by atoms with van der Waals surface area (Å²) in [5, 5.41) is 4.33. The van der Waals surface area contributed by atoms with Crippen molar-refractivity contribution < 1.29 is 4.74 Å². The van der Waals surface area contributed by atoms with E-state index in [0.717, 1.165) is 43.9 Å². The molecule has 0 fully saturated rings. The first-order chi connectivity index (χ1) is 19.7. The zero-order valence-corrected chi connectivity index (χ0v) is 22.1. The van der Waals surface area contributed by atoms with Crippen LogP contribution in [0.5, 0.6) is 5.75 Å². The minimum absolute atomic E-state index is 0.0399. The number of hydrogen-bond donors (Lipinski definition) is 3. The van der Waals surface area contributed by atoms with Crippen LogP contribution in [-0.4, -0.2) is 0 Å². The van der Waals surface area contributed by atoms with Gasteiger partial charge in [-0.25, -0.2) is 0 Å². The van der Waals surface area contributed by atoms with Crippen LogP contribution >= 0.6 is 0 Å². The number of benzene rings is 6. The van der Waals surface area contributed by atoms with Crippen LogP contribution in [0.4, 0.5) is 5.69 Å². The van der Waals surface area contributed by atoms with Gasteiger partial charge in [0.15, 0.2) is 5.75 Å². The maximum absolute atomic E-state index is 6.52. The van der Waals surface area contributed by atoms with Crippen molar-refractivity contribution in [3.05, 3.63) is 162 Å². The normalized spacial score (nSPS) is 12.4. The fourth-order valence-corrected chi connectivity index (χ4v) is 5.28. The number of anilines is 1. The Morgan fingerprint density at radius 1 is 0.700 bits per heavy atom. The molecule has 0 aliphatic carbocycles. The molecule has 196 valence electrons. The Morgan fingerprint density at radius 3 is 2.05 bits per heavy atom. The molecule has 0 radical (unpaired) electrons. The van der Waals surface area contributed by atoms with Gasteiger partial charge in [0.2, 0.25) is 0 Å². The van der Waals surface area contributed by atoms with Gasteiger partial charge in [-0.2, -0.15) is 0 Å². The SMILES string of the molecule is NN/C(=C\C(c1ccccc1)c1ccc2ccc3ccc(N)c(OCc4ccccc4)c3c2c1)c1ccccc1. The van der Waals surface area contributed by atoms with Gasteiger partial charge in [0.05, 0.1) is 11.4 Å². The zero-order chi connectivity index (χ0) is 27.3. The summed E-state index contributed by atoms with van der Waals surface area (Å²) in [5.74, 6) is 6.72. The van der Waals surface area contributed by atoms with Crippen LogP contribution < -0.4 is 21.7 Å². The first-order valence-electron chi connectivity index (χ1n) is 13.4. The Kier molecular flexibility index (Phi) is 7.16. The number of ether oxygens (including phenoxy) is 1. The van der Waals surface area contributed by atoms with E-state index in [1.807, 2.05) is 48.5 Å². The highest BCUT2D eigenvalue weighted by molar-refractivity contribution is 6.12. The van der Waals surface area contributed by atoms with Crippen molar-refractivity contribution in [1.82, 2.24) is 5.43 Å². The molecule has 0 aliphatic rings. The number of nitrogens with one attached hydrogen (secondary N) is 1. The van der Waals surface area contributed by atoms with Crippen LogP contribution in [0, 0.1) is 0 Å². The van der Waals surface area contributed by atoms with Crippen molar-refractivity contribution in [2.45, 2.75) is 12.5 Å². The number of rotatable bonds is 8. The summed E-state index contributed by atoms with van der Waals surface area (Å²) < 4.78 is 6.41. The number of hydrazine groups is 1. The molecule has 0 spiro atoms. The molecule has 0 amide bonds. The summed E-state index contributed by atoms with van der Waals surface area (Å²) in [7, 11) is 0. The first kappa shape index (κ1) is 25.2. The summed E-state index contributed by atoms with van der Waals surface area (Å²) in [6, 6.07) is 45.7. The van der Waals surface area contributed by atoms with Crippen LogP contribution in [0.3, 0.4) is 0 Å². The van der Waals surface area contributed by atoms with E-state index in [2.05, 4.69) is 96.4 Å². The standard InChI is InChI=1S/C36H31N3O/c37-33-21-20-29-18-16-27-17-19-30(22-32(27)35(29)36(33)40-24-25-10-4-1-5-11-25)31(26-12-6-2-7-13-26)23-34(39-38)28-14-8-3-9-15-28/h1-23,31,39H,24,37-38H2/b34-23-. The van der Waals surface area contributed by atoms with Gasteiger partial charge in [0, 0.05) is 11.3 Å². The highest BCUT2D eigenvalue weighted by Crippen LogP contribution is 2.40. The molecule has 0 heterocycles. The summed E-state index contributed by atoms with van der Waals surface area (Å²) in [5.41, 5.74) is 15.4. The van der Waals surface area contributed by atoms with Gasteiger partial charge < -0.3 is 15.9 Å². The maximum atomic E-state index is 6.52. The van der Waals surface area contributed by atoms with Crippen LogP contribution in [0.15, 0.2) is 140 Å². The average molecular weight is 522 g/mol. The molecule has 4 nitrogen and oxygen atoms in total. The molecule has 1 unspecified atom stereocenters. The van der Waals surface area contributed by atoms with Crippen LogP contribution in [0.25, 0.3) is 27.2 Å². The van der Waals surface area contributed by atoms with Crippen molar-refractivity contribution in [2.75, 3.05) is 5.73 Å². The number of allylic oxidation sites excluding steroid dienone is 1. The molecular weight excluding hydrogens is 490 g/mol. The summed E-state index contributed by atoms with van der Waals surface area (Å²) in [6.45, 7) is 0.443. The van der Waals surface area contributed by atoms with Gasteiger partial charge in [-0.15, -0.1) is 0 Å². The molecule has 0 saturated carbocycles. The second kappa shape index (κ2) is 11.4. The van der Waals surface area contributed by atoms with Gasteiger partial charge in [-0.05, 0) is 56.6 Å². The Hall–Kier alpha value is -5.06. The average Bonchev–Trinajstić information content (AvgIpc) is 3.02. The van der Waals surface area contributed by atoms with E-state index < -0.39 is 0 Å². The third-order valence-corrected chi connectivity index (χ3v) is 7.33. The number of nitrogen functional groups attached to an aromatic ring is 1. The number of nitrogens with two attached hydrogens (primary N) is 2. The Morgan fingerprint density at radius 2 is 1.32 bits per heavy atom. The van der Waals surface area contributed by atoms with Crippen molar-refractivity contribution in [3.63, 3.8) is 0 Å².